The molecular weight excluding hydrogens is 203 g/mol. The third kappa shape index (κ3) is 43.3. The quantitative estimate of drug-likeness (QED) is 0.520. The van der Waals surface area contributed by atoms with Gasteiger partial charge in [0.1, 0.15) is 0 Å². The molecule has 0 fully saturated rings. The normalized spacial score (nSPS) is 0. The molecule has 5 heavy (non-hydrogen) atoms. The van der Waals surface area contributed by atoms with Crippen molar-refractivity contribution in [2.75, 3.05) is 0 Å². The molecule has 4 N–H and O–H groups in total. The van der Waals surface area contributed by atoms with Gasteiger partial charge in [0, 0.05) is 35.6 Å². The van der Waals surface area contributed by atoms with Gasteiger partial charge in [-0.1, -0.05) is 0 Å². The van der Waals surface area contributed by atoms with Crippen LogP contribution in [0.2, 0.25) is 0 Å². The van der Waals surface area contributed by atoms with Crippen LogP contribution in [0, 0.1) is 35.6 Å². The van der Waals surface area contributed by atoms with Crippen molar-refractivity contribution in [3.05, 3.63) is 0 Å². The summed E-state index contributed by atoms with van der Waals surface area (Å²) in [6.45, 7) is 0. The fourth-order valence-electron chi connectivity index (χ4n) is 0. The zero-order valence-electron chi connectivity index (χ0n) is 2.37. The Morgan fingerprint density at radius 1 is 0.400 bits per heavy atom. The summed E-state index contributed by atoms with van der Waals surface area (Å²) in [5.74, 6) is 0. The molecule has 0 heterocycles. The molecule has 0 atom stereocenters. The maximum Gasteiger partial charge on any atom is 0 e. The smallest absolute Gasteiger partial charge is 0 e. The first-order valence-electron chi connectivity index (χ1n) is 0. The predicted molar refractivity (Wildman–Crippen MR) is 7.74 cm³/mol. The number of hydrogen-bond acceptors (Lipinski definition) is 4. The van der Waals surface area contributed by atoms with E-state index >= 15 is 0 Å². The van der Waals surface area contributed by atoms with Gasteiger partial charge in [0.15, 0.2) is 0 Å². The molecule has 0 aromatic carbocycles. The second-order valence-electron chi connectivity index (χ2n) is 0. The van der Waals surface area contributed by atoms with Crippen LogP contribution in [-0.2, 0) is 0 Å². The van der Waals surface area contributed by atoms with Gasteiger partial charge in [-0.3, -0.25) is 0 Å². The number of hydrogen-bond donors (Lipinski definition) is 0. The third-order valence-corrected chi connectivity index (χ3v) is 0. The molecular formula is H4LaO4-4. The molecule has 0 unspecified atom stereocenters. The van der Waals surface area contributed by atoms with Crippen LogP contribution in [0.25, 0.3) is 0 Å². The maximum absolute atomic E-state index is 0. The van der Waals surface area contributed by atoms with Crippen LogP contribution in [0.3, 0.4) is 0 Å². The van der Waals surface area contributed by atoms with Gasteiger partial charge in [-0.05, 0) is 0 Å². The Hall–Kier alpha value is 1.03. The predicted octanol–water partition coefficient (Wildman–Crippen LogP) is -0.707. The molecule has 0 aliphatic carbocycles. The molecule has 4 nitrogen and oxygen atoms in total. The molecule has 0 aromatic heterocycles. The Morgan fingerprint density at radius 3 is 0.400 bits per heavy atom. The van der Waals surface area contributed by atoms with Crippen molar-refractivity contribution in [3.8, 4) is 0 Å². The molecule has 0 bridgehead atoms. The van der Waals surface area contributed by atoms with Crippen molar-refractivity contribution >= 4 is 0 Å². The van der Waals surface area contributed by atoms with E-state index < -0.39 is 0 Å². The van der Waals surface area contributed by atoms with E-state index in [1.54, 1.807) is 0 Å². The minimum atomic E-state index is 0. The molecule has 1 radical (unpaired) electrons. The van der Waals surface area contributed by atoms with Crippen LogP contribution >= 0.6 is 0 Å². The Balaban J connectivity index is 0. The second kappa shape index (κ2) is 76.5. The van der Waals surface area contributed by atoms with E-state index in [0.717, 1.165) is 0 Å². The number of rotatable bonds is 0. The van der Waals surface area contributed by atoms with Crippen molar-refractivity contribution in [1.82, 2.24) is 0 Å². The topological polar surface area (TPSA) is 120 Å². The molecule has 0 aliphatic rings. The average Bonchev–Trinajstić information content (AvgIpc) is 0. The fourth-order valence-corrected chi connectivity index (χ4v) is 0. The van der Waals surface area contributed by atoms with Gasteiger partial charge in [0.05, 0.1) is 0 Å². The maximum atomic E-state index is 0. The zero-order valence-corrected chi connectivity index (χ0v) is 5.99. The Labute approximate surface area is 57.4 Å². The van der Waals surface area contributed by atoms with Crippen LogP contribution in [0.15, 0.2) is 0 Å². The van der Waals surface area contributed by atoms with Crippen molar-refractivity contribution in [1.29, 1.82) is 0 Å². The monoisotopic (exact) mass is 207 g/mol. The standard InChI is InChI=1S/La.4H2O/h;4*1H2/p-4. The molecule has 0 aromatic rings. The summed E-state index contributed by atoms with van der Waals surface area (Å²) in [4.78, 5) is 0. The van der Waals surface area contributed by atoms with Gasteiger partial charge in [-0.2, -0.15) is 0 Å². The Bertz CT molecular complexity index is 3.61. The van der Waals surface area contributed by atoms with E-state index in [9.17, 15) is 0 Å². The summed E-state index contributed by atoms with van der Waals surface area (Å²) in [5, 5.41) is 0. The first-order valence-corrected chi connectivity index (χ1v) is 0. The third-order valence-electron chi connectivity index (χ3n) is 0. The van der Waals surface area contributed by atoms with Crippen LogP contribution in [-0.4, -0.2) is 21.9 Å². The van der Waals surface area contributed by atoms with E-state index in [0.29, 0.717) is 0 Å². The van der Waals surface area contributed by atoms with E-state index in [2.05, 4.69) is 0 Å². The largest absolute Gasteiger partial charge is 0.870 e. The first-order chi connectivity index (χ1) is 0. The molecule has 0 rings (SSSR count). The second-order valence-corrected chi connectivity index (χ2v) is 0. The van der Waals surface area contributed by atoms with E-state index in [-0.39, 0.29) is 57.5 Å². The molecule has 0 spiro atoms. The first kappa shape index (κ1) is 143. The summed E-state index contributed by atoms with van der Waals surface area (Å²) in [5.41, 5.74) is 0. The van der Waals surface area contributed by atoms with E-state index in [1.165, 1.54) is 0 Å². The fraction of sp³-hybridized carbons (Fsp3) is 0. The van der Waals surface area contributed by atoms with Gasteiger partial charge >= 0.3 is 0 Å². The molecule has 0 saturated carbocycles. The van der Waals surface area contributed by atoms with Crippen LogP contribution < -0.4 is 0 Å². The Morgan fingerprint density at radius 2 is 0.400 bits per heavy atom. The SMILES string of the molecule is [La].[OH-].[OH-].[OH-].[OH-]. The summed E-state index contributed by atoms with van der Waals surface area (Å²) in [6, 6.07) is 0. The summed E-state index contributed by atoms with van der Waals surface area (Å²) in [7, 11) is 0. The zero-order chi connectivity index (χ0) is 0. The van der Waals surface area contributed by atoms with Gasteiger partial charge in [-0.15, -0.1) is 0 Å². The van der Waals surface area contributed by atoms with Crippen molar-refractivity contribution < 1.29 is 57.5 Å². The van der Waals surface area contributed by atoms with Crippen LogP contribution in [0.5, 0.6) is 0 Å². The average molecular weight is 207 g/mol. The molecule has 35 valence electrons. The molecule has 0 amide bonds. The summed E-state index contributed by atoms with van der Waals surface area (Å²) < 4.78 is 0. The Kier molecular flexibility index (Phi) is 2190. The minimum absolute atomic E-state index is 0. The van der Waals surface area contributed by atoms with Crippen molar-refractivity contribution in [3.63, 3.8) is 0 Å². The van der Waals surface area contributed by atoms with E-state index in [4.69, 9.17) is 0 Å². The van der Waals surface area contributed by atoms with Gasteiger partial charge in [0.2, 0.25) is 0 Å². The van der Waals surface area contributed by atoms with Crippen LogP contribution in [0.1, 0.15) is 0 Å². The summed E-state index contributed by atoms with van der Waals surface area (Å²) in [6.07, 6.45) is 0. The molecule has 5 heteroatoms. The van der Waals surface area contributed by atoms with Crippen molar-refractivity contribution in [2.45, 2.75) is 0 Å². The summed E-state index contributed by atoms with van der Waals surface area (Å²) >= 11 is 0. The van der Waals surface area contributed by atoms with Crippen molar-refractivity contribution in [2.24, 2.45) is 0 Å². The van der Waals surface area contributed by atoms with Gasteiger partial charge in [-0.25, -0.2) is 0 Å². The minimum Gasteiger partial charge on any atom is -0.870 e. The molecule has 0 saturated heterocycles. The van der Waals surface area contributed by atoms with Crippen LogP contribution in [0.4, 0.5) is 0 Å². The van der Waals surface area contributed by atoms with Gasteiger partial charge in [0.25, 0.3) is 0 Å². The van der Waals surface area contributed by atoms with Gasteiger partial charge < -0.3 is 21.9 Å². The molecule has 0 aliphatic heterocycles. The van der Waals surface area contributed by atoms with E-state index in [1.807, 2.05) is 0 Å².